The maximum absolute atomic E-state index is 11.5. The highest BCUT2D eigenvalue weighted by atomic mass is 16.5. The van der Waals surface area contributed by atoms with Crippen LogP contribution in [0.15, 0.2) is 48.5 Å². The highest BCUT2D eigenvalue weighted by molar-refractivity contribution is 5.79. The van der Waals surface area contributed by atoms with Crippen LogP contribution in [-0.4, -0.2) is 35.2 Å². The van der Waals surface area contributed by atoms with E-state index >= 15 is 0 Å². The summed E-state index contributed by atoms with van der Waals surface area (Å²) in [5.74, 6) is 2.03. The Bertz CT molecular complexity index is 893. The molecule has 0 saturated heterocycles. The van der Waals surface area contributed by atoms with Crippen molar-refractivity contribution in [3.63, 3.8) is 0 Å². The van der Waals surface area contributed by atoms with E-state index in [9.17, 15) is 4.79 Å². The number of nitrogens with two attached hydrogens (primary N) is 1. The summed E-state index contributed by atoms with van der Waals surface area (Å²) in [7, 11) is 0. The second kappa shape index (κ2) is 9.16. The lowest BCUT2D eigenvalue weighted by Gasteiger charge is -2.11. The van der Waals surface area contributed by atoms with E-state index in [4.69, 9.17) is 15.2 Å². The second-order valence-corrected chi connectivity index (χ2v) is 5.92. The van der Waals surface area contributed by atoms with Gasteiger partial charge in [0.15, 0.2) is 0 Å². The summed E-state index contributed by atoms with van der Waals surface area (Å²) in [4.78, 5) is 16.2. The Morgan fingerprint density at radius 2 is 2.00 bits per heavy atom. The molecule has 0 aliphatic rings. The summed E-state index contributed by atoms with van der Waals surface area (Å²) in [6.45, 7) is 4.06. The monoisotopic (exact) mass is 368 g/mol. The first-order valence-corrected chi connectivity index (χ1v) is 8.98. The summed E-state index contributed by atoms with van der Waals surface area (Å²) in [6, 6.07) is 15.4. The van der Waals surface area contributed by atoms with Gasteiger partial charge in [0, 0.05) is 19.2 Å². The van der Waals surface area contributed by atoms with Gasteiger partial charge in [-0.05, 0) is 31.2 Å². The van der Waals surface area contributed by atoms with Gasteiger partial charge in [0.05, 0.1) is 30.7 Å². The highest BCUT2D eigenvalue weighted by Gasteiger charge is 2.13. The van der Waals surface area contributed by atoms with Crippen molar-refractivity contribution in [2.24, 2.45) is 5.73 Å². The molecule has 0 radical (unpaired) electrons. The van der Waals surface area contributed by atoms with Gasteiger partial charge < -0.3 is 25.1 Å². The lowest BCUT2D eigenvalue weighted by molar-refractivity contribution is -0.119. The number of aromatic nitrogens is 2. The zero-order valence-corrected chi connectivity index (χ0v) is 15.4. The van der Waals surface area contributed by atoms with Crippen molar-refractivity contribution in [3.05, 3.63) is 54.4 Å². The van der Waals surface area contributed by atoms with Crippen molar-refractivity contribution in [1.82, 2.24) is 14.9 Å². The maximum atomic E-state index is 11.5. The quantitative estimate of drug-likeness (QED) is 0.566. The zero-order valence-electron chi connectivity index (χ0n) is 15.4. The third kappa shape index (κ3) is 4.84. The van der Waals surface area contributed by atoms with Gasteiger partial charge >= 0.3 is 0 Å². The van der Waals surface area contributed by atoms with E-state index in [2.05, 4.69) is 10.3 Å². The average molecular weight is 368 g/mol. The fourth-order valence-corrected chi connectivity index (χ4v) is 2.77. The number of amides is 1. The number of nitrogens with zero attached hydrogens (tertiary/aromatic N) is 2. The molecule has 2 aromatic carbocycles. The Hall–Kier alpha value is -2.90. The van der Waals surface area contributed by atoms with Crippen LogP contribution in [0.2, 0.25) is 0 Å². The van der Waals surface area contributed by atoms with Gasteiger partial charge in [-0.3, -0.25) is 4.79 Å². The number of ether oxygens (including phenoxy) is 2. The summed E-state index contributed by atoms with van der Waals surface area (Å²) < 4.78 is 13.5. The number of rotatable bonds is 9. The summed E-state index contributed by atoms with van der Waals surface area (Å²) in [5.41, 5.74) is 7.13. The smallest absolute Gasteiger partial charge is 0.234 e. The lowest BCUT2D eigenvalue weighted by Crippen LogP contribution is -2.30. The number of carbonyl (C=O) groups is 1. The molecule has 0 aliphatic heterocycles. The number of nitrogens with one attached hydrogen (secondary N) is 1. The second-order valence-electron chi connectivity index (χ2n) is 5.92. The number of para-hydroxylation sites is 1. The number of imidazole rings is 1. The SMILES string of the molecule is CCOCCn1c(CNC(=O)CN)nc2ccc(Oc3ccccc3)cc21. The Balaban J connectivity index is 1.89. The van der Waals surface area contributed by atoms with Crippen LogP contribution >= 0.6 is 0 Å². The standard InChI is InChI=1S/C20H24N4O3/c1-2-26-11-10-24-18-12-16(27-15-6-4-3-5-7-15)8-9-17(18)23-19(24)14-22-20(25)13-21/h3-9,12H,2,10-11,13-14,21H2,1H3,(H,22,25). The molecule has 0 bridgehead atoms. The molecule has 0 fully saturated rings. The van der Waals surface area contributed by atoms with Crippen LogP contribution in [0.3, 0.4) is 0 Å². The van der Waals surface area contributed by atoms with Crippen molar-refractivity contribution in [1.29, 1.82) is 0 Å². The van der Waals surface area contributed by atoms with E-state index in [-0.39, 0.29) is 12.5 Å². The molecule has 3 N–H and O–H groups in total. The van der Waals surface area contributed by atoms with E-state index in [1.165, 1.54) is 0 Å². The van der Waals surface area contributed by atoms with Crippen molar-refractivity contribution in [2.75, 3.05) is 19.8 Å². The van der Waals surface area contributed by atoms with Crippen LogP contribution in [0, 0.1) is 0 Å². The van der Waals surface area contributed by atoms with Crippen molar-refractivity contribution in [2.45, 2.75) is 20.0 Å². The first-order chi connectivity index (χ1) is 13.2. The van der Waals surface area contributed by atoms with Gasteiger partial charge in [0.25, 0.3) is 0 Å². The van der Waals surface area contributed by atoms with Crippen LogP contribution in [-0.2, 0) is 22.6 Å². The van der Waals surface area contributed by atoms with Crippen LogP contribution in [0.25, 0.3) is 11.0 Å². The summed E-state index contributed by atoms with van der Waals surface area (Å²) in [6.07, 6.45) is 0. The van der Waals surface area contributed by atoms with Crippen LogP contribution in [0.1, 0.15) is 12.7 Å². The number of benzene rings is 2. The minimum atomic E-state index is -0.216. The Labute approximate surface area is 158 Å². The summed E-state index contributed by atoms with van der Waals surface area (Å²) >= 11 is 0. The van der Waals surface area contributed by atoms with Gasteiger partial charge in [-0.25, -0.2) is 4.98 Å². The van der Waals surface area contributed by atoms with Gasteiger partial charge in [-0.15, -0.1) is 0 Å². The molecule has 1 amide bonds. The molecule has 0 atom stereocenters. The van der Waals surface area contributed by atoms with E-state index in [1.54, 1.807) is 0 Å². The highest BCUT2D eigenvalue weighted by Crippen LogP contribution is 2.26. The normalized spacial score (nSPS) is 10.9. The van der Waals surface area contributed by atoms with Crippen LogP contribution in [0.5, 0.6) is 11.5 Å². The van der Waals surface area contributed by atoms with Gasteiger partial charge in [-0.1, -0.05) is 18.2 Å². The number of hydrogen-bond acceptors (Lipinski definition) is 5. The van der Waals surface area contributed by atoms with Crippen molar-refractivity contribution < 1.29 is 14.3 Å². The Morgan fingerprint density at radius 1 is 1.19 bits per heavy atom. The van der Waals surface area contributed by atoms with Crippen LogP contribution in [0.4, 0.5) is 0 Å². The Kier molecular flexibility index (Phi) is 6.40. The number of fused-ring (bicyclic) bond motifs is 1. The maximum Gasteiger partial charge on any atom is 0.234 e. The molecule has 27 heavy (non-hydrogen) atoms. The minimum absolute atomic E-state index is 0.0474. The predicted octanol–water partition coefficient (Wildman–Crippen LogP) is 2.44. The molecule has 3 aromatic rings. The molecule has 0 unspecified atom stereocenters. The van der Waals surface area contributed by atoms with E-state index in [1.807, 2.05) is 60.0 Å². The zero-order chi connectivity index (χ0) is 19.1. The molecule has 0 saturated carbocycles. The van der Waals surface area contributed by atoms with Crippen molar-refractivity contribution in [3.8, 4) is 11.5 Å². The summed E-state index contributed by atoms with van der Waals surface area (Å²) in [5, 5.41) is 2.78. The van der Waals surface area contributed by atoms with E-state index in [0.29, 0.717) is 26.3 Å². The molecule has 1 heterocycles. The molecule has 142 valence electrons. The number of carbonyl (C=O) groups excluding carboxylic acids is 1. The van der Waals surface area contributed by atoms with Gasteiger partial charge in [0.1, 0.15) is 17.3 Å². The third-order valence-electron chi connectivity index (χ3n) is 4.07. The lowest BCUT2D eigenvalue weighted by atomic mass is 10.3. The van der Waals surface area contributed by atoms with Gasteiger partial charge in [0.2, 0.25) is 5.91 Å². The van der Waals surface area contributed by atoms with E-state index < -0.39 is 0 Å². The van der Waals surface area contributed by atoms with Crippen molar-refractivity contribution >= 4 is 16.9 Å². The largest absolute Gasteiger partial charge is 0.457 e. The molecule has 1 aromatic heterocycles. The molecule has 0 aliphatic carbocycles. The van der Waals surface area contributed by atoms with Gasteiger partial charge in [-0.2, -0.15) is 0 Å². The molecule has 7 nitrogen and oxygen atoms in total. The first kappa shape index (κ1) is 18.9. The Morgan fingerprint density at radius 3 is 2.74 bits per heavy atom. The molecule has 0 spiro atoms. The molecular formula is C20H24N4O3. The van der Waals surface area contributed by atoms with Crippen LogP contribution < -0.4 is 15.8 Å². The molecular weight excluding hydrogens is 344 g/mol. The topological polar surface area (TPSA) is 91.4 Å². The fraction of sp³-hybridized carbons (Fsp3) is 0.300. The fourth-order valence-electron chi connectivity index (χ4n) is 2.77. The molecule has 3 rings (SSSR count). The molecule has 7 heteroatoms. The average Bonchev–Trinajstić information content (AvgIpc) is 3.04. The first-order valence-electron chi connectivity index (χ1n) is 8.98. The number of hydrogen-bond donors (Lipinski definition) is 2. The van der Waals surface area contributed by atoms with E-state index in [0.717, 1.165) is 28.4 Å². The minimum Gasteiger partial charge on any atom is -0.457 e. The predicted molar refractivity (Wildman–Crippen MR) is 104 cm³/mol. The third-order valence-corrected chi connectivity index (χ3v) is 4.07.